The Kier molecular flexibility index (Phi) is 4.89. The molecule has 0 fully saturated rings. The largest absolute Gasteiger partial charge is 0.481 e. The Morgan fingerprint density at radius 1 is 1.29 bits per heavy atom. The molecule has 0 unspecified atom stereocenters. The lowest BCUT2D eigenvalue weighted by Gasteiger charge is -2.11. The molecule has 1 rings (SSSR count). The minimum atomic E-state index is -1.02. The lowest BCUT2D eigenvalue weighted by molar-refractivity contribution is -0.140. The van der Waals surface area contributed by atoms with Crippen LogP contribution in [0.25, 0.3) is 0 Å². The van der Waals surface area contributed by atoms with Crippen molar-refractivity contribution < 1.29 is 14.7 Å². The third kappa shape index (κ3) is 4.47. The fraction of sp³-hybridized carbons (Fsp3) is 0.308. The third-order valence-electron chi connectivity index (χ3n) is 2.45. The van der Waals surface area contributed by atoms with Crippen LogP contribution in [-0.2, 0) is 16.0 Å². The minimum Gasteiger partial charge on any atom is -0.481 e. The quantitative estimate of drug-likeness (QED) is 0.809. The van der Waals surface area contributed by atoms with E-state index in [1.54, 1.807) is 6.07 Å². The summed E-state index contributed by atoms with van der Waals surface area (Å²) >= 11 is 0. The second-order valence-electron chi connectivity index (χ2n) is 3.79. The average Bonchev–Trinajstić information content (AvgIpc) is 2.29. The van der Waals surface area contributed by atoms with E-state index in [9.17, 15) is 9.59 Å². The van der Waals surface area contributed by atoms with E-state index < -0.39 is 11.9 Å². The highest BCUT2D eigenvalue weighted by molar-refractivity contribution is 5.86. The van der Waals surface area contributed by atoms with Gasteiger partial charge < -0.3 is 5.11 Å². The first kappa shape index (κ1) is 12.9. The Morgan fingerprint density at radius 2 is 1.94 bits per heavy atom. The number of hydrogen-bond acceptors (Lipinski definition) is 3. The standard InChI is InChI=1S/C13H13NO3/c14-7-6-12(15)11(9-13(16)17)8-10-4-2-1-3-5-10/h1-5,11H,6,8-9H2,(H,16,17)/t11-/m1/s1. The molecule has 0 aliphatic carbocycles. The summed E-state index contributed by atoms with van der Waals surface area (Å²) in [6.45, 7) is 0. The summed E-state index contributed by atoms with van der Waals surface area (Å²) in [6, 6.07) is 11.0. The van der Waals surface area contributed by atoms with Crippen LogP contribution in [0.2, 0.25) is 0 Å². The molecule has 0 saturated carbocycles. The summed E-state index contributed by atoms with van der Waals surface area (Å²) in [5.41, 5.74) is 0.907. The van der Waals surface area contributed by atoms with Gasteiger partial charge in [-0.1, -0.05) is 30.3 Å². The molecule has 1 aromatic carbocycles. The van der Waals surface area contributed by atoms with Crippen LogP contribution in [0.1, 0.15) is 18.4 Å². The van der Waals surface area contributed by atoms with E-state index in [1.165, 1.54) is 0 Å². The number of hydrogen-bond donors (Lipinski definition) is 1. The summed E-state index contributed by atoms with van der Waals surface area (Å²) in [5, 5.41) is 17.2. The van der Waals surface area contributed by atoms with E-state index in [2.05, 4.69) is 0 Å². The molecule has 88 valence electrons. The molecule has 0 aromatic heterocycles. The predicted octanol–water partition coefficient (Wildman–Crippen LogP) is 1.80. The highest BCUT2D eigenvalue weighted by Crippen LogP contribution is 2.15. The molecule has 1 atom stereocenters. The summed E-state index contributed by atoms with van der Waals surface area (Å²) in [6.07, 6.45) is -0.0894. The van der Waals surface area contributed by atoms with Crippen molar-refractivity contribution in [1.29, 1.82) is 5.26 Å². The van der Waals surface area contributed by atoms with E-state index in [-0.39, 0.29) is 18.6 Å². The summed E-state index contributed by atoms with van der Waals surface area (Å²) < 4.78 is 0. The van der Waals surface area contributed by atoms with Gasteiger partial charge in [-0.25, -0.2) is 0 Å². The topological polar surface area (TPSA) is 78.2 Å². The van der Waals surface area contributed by atoms with E-state index in [0.29, 0.717) is 6.42 Å². The maximum absolute atomic E-state index is 11.6. The number of nitriles is 1. The zero-order chi connectivity index (χ0) is 12.7. The second kappa shape index (κ2) is 6.44. The summed E-state index contributed by atoms with van der Waals surface area (Å²) in [7, 11) is 0. The van der Waals surface area contributed by atoms with E-state index in [4.69, 9.17) is 10.4 Å². The second-order valence-corrected chi connectivity index (χ2v) is 3.79. The number of Topliss-reactive ketones (excluding diaryl/α,β-unsaturated/α-hetero) is 1. The Bertz CT molecular complexity index is 434. The van der Waals surface area contributed by atoms with Crippen LogP contribution >= 0.6 is 0 Å². The van der Waals surface area contributed by atoms with Crippen molar-refractivity contribution in [3.05, 3.63) is 35.9 Å². The molecule has 4 heteroatoms. The molecule has 0 radical (unpaired) electrons. The predicted molar refractivity (Wildman–Crippen MR) is 61.1 cm³/mol. The molecule has 0 aliphatic heterocycles. The first-order valence-electron chi connectivity index (χ1n) is 5.29. The Morgan fingerprint density at radius 3 is 2.47 bits per heavy atom. The van der Waals surface area contributed by atoms with Gasteiger partial charge in [-0.15, -0.1) is 0 Å². The number of carbonyl (C=O) groups is 2. The smallest absolute Gasteiger partial charge is 0.304 e. The van der Waals surface area contributed by atoms with Crippen LogP contribution in [0.5, 0.6) is 0 Å². The molecule has 0 saturated heterocycles. The number of rotatable bonds is 6. The fourth-order valence-corrected chi connectivity index (χ4v) is 1.63. The Balaban J connectivity index is 2.74. The molecule has 17 heavy (non-hydrogen) atoms. The van der Waals surface area contributed by atoms with Gasteiger partial charge in [0.05, 0.1) is 18.9 Å². The first-order valence-corrected chi connectivity index (χ1v) is 5.29. The van der Waals surface area contributed by atoms with Crippen molar-refractivity contribution in [3.63, 3.8) is 0 Å². The lowest BCUT2D eigenvalue weighted by Crippen LogP contribution is -2.20. The van der Waals surface area contributed by atoms with Gasteiger partial charge in [-0.2, -0.15) is 5.26 Å². The molecule has 0 spiro atoms. The van der Waals surface area contributed by atoms with Crippen LogP contribution < -0.4 is 0 Å². The van der Waals surface area contributed by atoms with E-state index >= 15 is 0 Å². The third-order valence-corrected chi connectivity index (χ3v) is 2.45. The lowest BCUT2D eigenvalue weighted by atomic mass is 9.91. The van der Waals surface area contributed by atoms with Crippen LogP contribution in [0, 0.1) is 17.2 Å². The summed E-state index contributed by atoms with van der Waals surface area (Å²) in [4.78, 5) is 22.3. The van der Waals surface area contributed by atoms with E-state index in [1.807, 2.05) is 30.3 Å². The fourth-order valence-electron chi connectivity index (χ4n) is 1.63. The maximum atomic E-state index is 11.6. The zero-order valence-corrected chi connectivity index (χ0v) is 9.30. The van der Waals surface area contributed by atoms with Crippen molar-refractivity contribution in [3.8, 4) is 6.07 Å². The number of carbonyl (C=O) groups excluding carboxylic acids is 1. The van der Waals surface area contributed by atoms with Crippen LogP contribution in [0.4, 0.5) is 0 Å². The van der Waals surface area contributed by atoms with Gasteiger partial charge in [0.25, 0.3) is 0 Å². The molecular weight excluding hydrogens is 218 g/mol. The minimum absolute atomic E-state index is 0.227. The van der Waals surface area contributed by atoms with Crippen molar-refractivity contribution in [2.45, 2.75) is 19.3 Å². The molecule has 1 N–H and O–H groups in total. The first-order chi connectivity index (χ1) is 8.13. The maximum Gasteiger partial charge on any atom is 0.304 e. The number of benzene rings is 1. The number of carboxylic acids is 1. The zero-order valence-electron chi connectivity index (χ0n) is 9.30. The summed E-state index contributed by atoms with van der Waals surface area (Å²) in [5.74, 6) is -1.94. The average molecular weight is 231 g/mol. The van der Waals surface area contributed by atoms with Gasteiger partial charge >= 0.3 is 5.97 Å². The van der Waals surface area contributed by atoms with Gasteiger partial charge in [0, 0.05) is 5.92 Å². The molecular formula is C13H13NO3. The van der Waals surface area contributed by atoms with Gasteiger partial charge in [0.2, 0.25) is 0 Å². The van der Waals surface area contributed by atoms with Gasteiger partial charge in [-0.3, -0.25) is 9.59 Å². The number of nitrogens with zero attached hydrogens (tertiary/aromatic N) is 1. The molecule has 0 bridgehead atoms. The van der Waals surface area contributed by atoms with Crippen molar-refractivity contribution in [1.82, 2.24) is 0 Å². The highest BCUT2D eigenvalue weighted by atomic mass is 16.4. The van der Waals surface area contributed by atoms with Gasteiger partial charge in [-0.05, 0) is 12.0 Å². The Hall–Kier alpha value is -2.15. The molecule has 0 heterocycles. The van der Waals surface area contributed by atoms with Crippen LogP contribution in [-0.4, -0.2) is 16.9 Å². The monoisotopic (exact) mass is 231 g/mol. The highest BCUT2D eigenvalue weighted by Gasteiger charge is 2.21. The van der Waals surface area contributed by atoms with Crippen molar-refractivity contribution >= 4 is 11.8 Å². The molecule has 1 aromatic rings. The van der Waals surface area contributed by atoms with Crippen molar-refractivity contribution in [2.75, 3.05) is 0 Å². The Labute approximate surface area is 99.5 Å². The number of aliphatic carboxylic acids is 1. The number of carboxylic acid groups (broad SMARTS) is 1. The van der Waals surface area contributed by atoms with Gasteiger partial charge in [0.15, 0.2) is 5.78 Å². The normalized spacial score (nSPS) is 11.5. The molecule has 0 aliphatic rings. The van der Waals surface area contributed by atoms with Crippen LogP contribution in [0.3, 0.4) is 0 Å². The SMILES string of the molecule is N#CCC(=O)[C@@H](CC(=O)O)Cc1ccccc1. The van der Waals surface area contributed by atoms with Crippen molar-refractivity contribution in [2.24, 2.45) is 5.92 Å². The van der Waals surface area contributed by atoms with E-state index in [0.717, 1.165) is 5.56 Å². The van der Waals surface area contributed by atoms with Gasteiger partial charge in [0.1, 0.15) is 0 Å². The van der Waals surface area contributed by atoms with Crippen LogP contribution in [0.15, 0.2) is 30.3 Å². The number of ketones is 1. The molecule has 4 nitrogen and oxygen atoms in total. The molecule has 0 amide bonds.